The van der Waals surface area contributed by atoms with Crippen molar-refractivity contribution in [3.05, 3.63) is 54.1 Å². The summed E-state index contributed by atoms with van der Waals surface area (Å²) in [6.45, 7) is -5.41. The molecule has 25 rings (SSSR count). The highest BCUT2D eigenvalue weighted by Gasteiger charge is 2.60. The maximum Gasteiger partial charge on any atom is 0.283 e. The van der Waals surface area contributed by atoms with Crippen LogP contribution in [0.15, 0.2) is 48.5 Å². The van der Waals surface area contributed by atoms with E-state index in [1.165, 1.54) is 0 Å². The average molecular weight is 1420 g/mol. The normalized spacial score (nSPS) is 47.9. The van der Waals surface area contributed by atoms with E-state index in [2.05, 4.69) is 10.6 Å². The molecule has 37 nitrogen and oxygen atoms in total. The molecule has 0 saturated carbocycles. The van der Waals surface area contributed by atoms with Crippen LogP contribution in [0, 0.1) is 0 Å². The summed E-state index contributed by atoms with van der Waals surface area (Å²) < 4.78 is 83.0. The fourth-order valence-corrected chi connectivity index (χ4v) is 14.2. The first kappa shape index (κ1) is 74.0. The van der Waals surface area contributed by atoms with Gasteiger partial charge in [0.2, 0.25) is 0 Å². The van der Waals surface area contributed by atoms with E-state index in [1.807, 2.05) is 0 Å². The Bertz CT molecular complexity index is 2840. The number of benzene rings is 2. The van der Waals surface area contributed by atoms with E-state index in [1.54, 1.807) is 48.5 Å². The molecule has 2 amide bonds. The summed E-state index contributed by atoms with van der Waals surface area (Å²) in [7, 11) is 0. The van der Waals surface area contributed by atoms with Gasteiger partial charge in [0, 0.05) is 23.7 Å². The fourth-order valence-electron chi connectivity index (χ4n) is 12.6. The number of aliphatic hydroxyl groups excluding tert-OH is 19. The molecule has 23 aliphatic rings. The van der Waals surface area contributed by atoms with Gasteiger partial charge < -0.3 is 174 Å². The van der Waals surface area contributed by atoms with Crippen LogP contribution in [-0.4, -0.2) is 367 Å². The summed E-state index contributed by atoms with van der Waals surface area (Å²) in [5.74, 6) is -1.03. The van der Waals surface area contributed by atoms with Crippen molar-refractivity contribution in [1.82, 2.24) is 5.32 Å². The quantitative estimate of drug-likeness (QED) is 0.132. The number of hydrogen-bond acceptors (Lipinski definition) is 37. The molecule has 16 saturated heterocycles. The highest BCUT2D eigenvalue weighted by Crippen LogP contribution is 2.40. The van der Waals surface area contributed by atoms with Gasteiger partial charge in [-0.05, 0) is 28.8 Å². The Labute approximate surface area is 552 Å². The first-order valence-corrected chi connectivity index (χ1v) is 32.7. The molecule has 23 heterocycles. The first-order chi connectivity index (χ1) is 45.9. The average Bonchev–Trinajstić information content (AvgIpc) is 0.780. The minimum atomic E-state index is -2.26. The van der Waals surface area contributed by atoms with Crippen molar-refractivity contribution >= 4 is 39.7 Å². The van der Waals surface area contributed by atoms with Crippen LogP contribution in [0.1, 0.15) is 5.56 Å². The van der Waals surface area contributed by atoms with E-state index in [-0.39, 0.29) is 6.54 Å². The molecule has 0 spiro atoms. The minimum Gasteiger partial charge on any atom is -0.394 e. The van der Waals surface area contributed by atoms with Crippen LogP contribution in [0.2, 0.25) is 0 Å². The van der Waals surface area contributed by atoms with Crippen molar-refractivity contribution in [3.8, 4) is 11.1 Å². The Morgan fingerprint density at radius 1 is 0.312 bits per heavy atom. The lowest BCUT2D eigenvalue weighted by Gasteiger charge is -2.50. The Morgan fingerprint density at radius 3 is 0.854 bits per heavy atom. The van der Waals surface area contributed by atoms with Crippen LogP contribution < -0.4 is 10.6 Å². The number of anilines is 1. The van der Waals surface area contributed by atoms with Crippen molar-refractivity contribution in [3.63, 3.8) is 0 Å². The van der Waals surface area contributed by atoms with Crippen molar-refractivity contribution in [2.45, 2.75) is 221 Å². The number of rotatable bonds is 5. The predicted molar refractivity (Wildman–Crippen MR) is 312 cm³/mol. The van der Waals surface area contributed by atoms with Gasteiger partial charge in [-0.2, -0.15) is 0 Å². The predicted octanol–water partition coefficient (Wildman–Crippen LogP) is -9.63. The van der Waals surface area contributed by atoms with E-state index >= 15 is 0 Å². The monoisotopic (exact) mass is 1420 g/mol. The molecule has 2 aromatic carbocycles. The van der Waals surface area contributed by atoms with Crippen LogP contribution in [-0.2, 0) is 72.9 Å². The molecule has 0 radical (unpaired) electrons. The Balaban J connectivity index is 0.965. The number of thioether (sulfide) groups is 2. The second-order valence-corrected chi connectivity index (χ2v) is 26.2. The first-order valence-electron chi connectivity index (χ1n) is 30.7. The number of carbonyl (C=O) groups is 2. The second kappa shape index (κ2) is 32.0. The van der Waals surface area contributed by atoms with Gasteiger partial charge in [0.25, 0.3) is 10.5 Å². The van der Waals surface area contributed by atoms with E-state index in [9.17, 15) is 107 Å². The highest BCUT2D eigenvalue weighted by molar-refractivity contribution is 8.14. The molecule has 39 heteroatoms. The fraction of sp³-hybridized carbons (Fsp3) is 0.754. The van der Waals surface area contributed by atoms with Gasteiger partial charge in [-0.1, -0.05) is 59.9 Å². The zero-order valence-corrected chi connectivity index (χ0v) is 52.0. The van der Waals surface area contributed by atoms with E-state index < -0.39 is 270 Å². The number of amides is 2. The van der Waals surface area contributed by atoms with Crippen LogP contribution >= 0.6 is 23.5 Å². The van der Waals surface area contributed by atoms with Crippen molar-refractivity contribution in [2.75, 3.05) is 49.9 Å². The van der Waals surface area contributed by atoms with Gasteiger partial charge in [-0.15, -0.1) is 0 Å². The van der Waals surface area contributed by atoms with Crippen molar-refractivity contribution in [1.29, 1.82) is 0 Å². The van der Waals surface area contributed by atoms with Gasteiger partial charge in [-0.3, -0.25) is 9.59 Å². The lowest BCUT2D eigenvalue weighted by atomic mass is 9.95. The molecule has 540 valence electrons. The molecule has 96 heavy (non-hydrogen) atoms. The molecule has 35 atom stereocenters. The van der Waals surface area contributed by atoms with Gasteiger partial charge in [-0.25, -0.2) is 0 Å². The van der Waals surface area contributed by atoms with Crippen molar-refractivity contribution in [2.24, 2.45) is 0 Å². The third kappa shape index (κ3) is 15.4. The zero-order valence-electron chi connectivity index (χ0n) is 50.3. The van der Waals surface area contributed by atoms with Gasteiger partial charge in [0.05, 0.1) is 45.2 Å². The standard InChI is InChI=1S/C57H80N2O35S2/c60-10-21-42-28(65)35(72)49(81-21)89-44-23(12-62)85-53(39(76)32(44)69)94-48-27-16-96-57(80)59-20-7-5-19(6-8-20)18-3-1-17(2-4-18)9-58-56(79)95-15-26-47(33(70)40(77)54(86-26)91-45-24(13-63)82-50(88-42)36(73)29(45)66)93-52-38(75)31(68)43(22(11-61)84-52)90-51-37(74)30(67)46(25(14-64)83-51)92-55(87-27)41(78)34(48)71/h1-8,21-55,60-78H,9-16H2,(H,58,79)(H,59,80)/t21?,22?,23?,24?,25?,26?,27?,28?,29?,30?,31?,32?,33?,34?,35?,36?,37?,38?,39?,40?,41?,42-,43-,44-,45-,46-,47-,48-,49-,50-,51-,52-,53-,54-,55-/m1/s1. The summed E-state index contributed by atoms with van der Waals surface area (Å²) in [5.41, 5.74) is 2.30. The molecular formula is C57H80N2O35S2. The topological polar surface area (TPSA) is 572 Å². The Kier molecular flexibility index (Phi) is 24.6. The smallest absolute Gasteiger partial charge is 0.283 e. The Hall–Kier alpha value is -3.24. The number of carbonyl (C=O) groups excluding carboxylic acids is 2. The summed E-state index contributed by atoms with van der Waals surface area (Å²) in [6, 6.07) is 13.5. The number of nitrogens with one attached hydrogen (secondary N) is 2. The summed E-state index contributed by atoms with van der Waals surface area (Å²) in [4.78, 5) is 27.4. The number of ether oxygens (including phenoxy) is 14. The highest BCUT2D eigenvalue weighted by atomic mass is 32.2. The molecule has 23 aliphatic heterocycles. The molecule has 0 aromatic heterocycles. The van der Waals surface area contributed by atoms with Crippen molar-refractivity contribution < 1.29 is 173 Å². The van der Waals surface area contributed by atoms with Gasteiger partial charge >= 0.3 is 0 Å². The lowest BCUT2D eigenvalue weighted by Crippen LogP contribution is -2.68. The third-order valence-corrected chi connectivity index (χ3v) is 19.8. The summed E-state index contributed by atoms with van der Waals surface area (Å²) >= 11 is 1.09. The van der Waals surface area contributed by atoms with E-state index in [0.717, 1.165) is 0 Å². The maximum absolute atomic E-state index is 13.7. The summed E-state index contributed by atoms with van der Waals surface area (Å²) in [5, 5.41) is 221. The van der Waals surface area contributed by atoms with E-state index in [0.29, 0.717) is 45.9 Å². The van der Waals surface area contributed by atoms with Crippen LogP contribution in [0.3, 0.4) is 0 Å². The molecule has 20 bridgehead atoms. The molecule has 21 unspecified atom stereocenters. The third-order valence-electron chi connectivity index (χ3n) is 18.0. The van der Waals surface area contributed by atoms with Crippen LogP contribution in [0.4, 0.5) is 15.3 Å². The molecule has 21 N–H and O–H groups in total. The zero-order chi connectivity index (χ0) is 68.7. The number of fused-ring (bicyclic) bond motifs is 3. The molecule has 0 aliphatic carbocycles. The molecule has 16 fully saturated rings. The Morgan fingerprint density at radius 2 is 0.562 bits per heavy atom. The largest absolute Gasteiger partial charge is 0.394 e. The summed E-state index contributed by atoms with van der Waals surface area (Å²) in [6.07, 6.45) is -71.5. The molecule has 2 aromatic rings. The minimum absolute atomic E-state index is 0.0454. The van der Waals surface area contributed by atoms with Crippen LogP contribution in [0.5, 0.6) is 0 Å². The SMILES string of the molecule is O=C1NCc2ccc(cc2)-c2ccc(cc2)NC(=O)SCC2O[C@@H]3O[C@@H]4C(CO)O[C@H](O[C@@H]5C(CO)O[C@H](O[C@@H]6C(CS1)O[C@H](O[C@@H]1C(CO)O[C@H](O[C@@H]7C(CO)O[C@H](O[C@@H]8C(CO)O[C@H](O[C@H]2C(O)C3O)C(O)C8O)C(O)C7O)C(O)C1O)C(O)C6O)C(O)C5O)C(O)C4O. The number of aliphatic hydroxyl groups is 19. The molecular weight excluding hydrogens is 1340 g/mol. The van der Waals surface area contributed by atoms with Gasteiger partial charge in [0.15, 0.2) is 44.0 Å². The lowest BCUT2D eigenvalue weighted by molar-refractivity contribution is -0.395. The van der Waals surface area contributed by atoms with E-state index in [4.69, 9.17) is 66.3 Å². The van der Waals surface area contributed by atoms with Gasteiger partial charge in [0.1, 0.15) is 159 Å². The maximum atomic E-state index is 13.7. The number of hydrogen-bond donors (Lipinski definition) is 21. The van der Waals surface area contributed by atoms with Crippen LogP contribution in [0.25, 0.3) is 11.1 Å². The second-order valence-electron chi connectivity index (χ2n) is 24.2.